The van der Waals surface area contributed by atoms with Crippen molar-refractivity contribution in [3.05, 3.63) is 71.1 Å². The lowest BCUT2D eigenvalue weighted by Crippen LogP contribution is -2.25. The molecule has 1 amide bonds. The SMILES string of the molecule is COc1ccc(-c2cc(C(=O)NCCc3c[nH]c4ccc(Cl)cc34)on2)cc1. The van der Waals surface area contributed by atoms with Gasteiger partial charge >= 0.3 is 0 Å². The van der Waals surface area contributed by atoms with E-state index in [2.05, 4.69) is 15.5 Å². The Morgan fingerprint density at radius 2 is 2.04 bits per heavy atom. The number of halogens is 1. The van der Waals surface area contributed by atoms with E-state index in [9.17, 15) is 4.79 Å². The Bertz CT molecular complexity index is 1120. The fraction of sp³-hybridized carbons (Fsp3) is 0.143. The zero-order chi connectivity index (χ0) is 19.5. The minimum atomic E-state index is -0.301. The first-order valence-corrected chi connectivity index (χ1v) is 9.16. The lowest BCUT2D eigenvalue weighted by atomic mass is 10.1. The van der Waals surface area contributed by atoms with E-state index in [1.54, 1.807) is 13.2 Å². The van der Waals surface area contributed by atoms with Crippen LogP contribution >= 0.6 is 11.6 Å². The highest BCUT2D eigenvalue weighted by Crippen LogP contribution is 2.23. The molecule has 0 aliphatic carbocycles. The van der Waals surface area contributed by atoms with Crippen molar-refractivity contribution >= 4 is 28.4 Å². The van der Waals surface area contributed by atoms with Gasteiger partial charge in [-0.1, -0.05) is 16.8 Å². The molecule has 0 fully saturated rings. The van der Waals surface area contributed by atoms with Gasteiger partial charge in [-0.2, -0.15) is 0 Å². The van der Waals surface area contributed by atoms with Crippen LogP contribution in [0.2, 0.25) is 5.02 Å². The van der Waals surface area contributed by atoms with Gasteiger partial charge in [0.2, 0.25) is 5.76 Å². The number of methoxy groups -OCH3 is 1. The Kier molecular flexibility index (Phi) is 5.04. The van der Waals surface area contributed by atoms with Crippen LogP contribution in [0.25, 0.3) is 22.2 Å². The maximum absolute atomic E-state index is 12.3. The summed E-state index contributed by atoms with van der Waals surface area (Å²) in [5, 5.41) is 8.58. The number of carbonyl (C=O) groups is 1. The molecular formula is C21H18ClN3O3. The molecule has 2 aromatic carbocycles. The highest BCUT2D eigenvalue weighted by Gasteiger charge is 2.14. The van der Waals surface area contributed by atoms with Gasteiger partial charge in [0.15, 0.2) is 0 Å². The van der Waals surface area contributed by atoms with E-state index in [1.165, 1.54) is 0 Å². The first-order chi connectivity index (χ1) is 13.6. The number of fused-ring (bicyclic) bond motifs is 1. The third-order valence-electron chi connectivity index (χ3n) is 4.53. The molecule has 0 aliphatic rings. The Morgan fingerprint density at radius 3 is 2.82 bits per heavy atom. The van der Waals surface area contributed by atoms with Crippen LogP contribution in [0.4, 0.5) is 0 Å². The van der Waals surface area contributed by atoms with Crippen molar-refractivity contribution in [2.75, 3.05) is 13.7 Å². The summed E-state index contributed by atoms with van der Waals surface area (Å²) in [6.07, 6.45) is 2.61. The van der Waals surface area contributed by atoms with Gasteiger partial charge in [-0.25, -0.2) is 0 Å². The Labute approximate surface area is 166 Å². The zero-order valence-electron chi connectivity index (χ0n) is 15.2. The molecule has 4 rings (SSSR count). The van der Waals surface area contributed by atoms with Gasteiger partial charge in [-0.3, -0.25) is 4.79 Å². The lowest BCUT2D eigenvalue weighted by molar-refractivity contribution is 0.0917. The van der Waals surface area contributed by atoms with E-state index in [0.717, 1.165) is 27.8 Å². The topological polar surface area (TPSA) is 80.1 Å². The zero-order valence-corrected chi connectivity index (χ0v) is 15.9. The second-order valence-electron chi connectivity index (χ2n) is 6.31. The molecule has 0 atom stereocenters. The van der Waals surface area contributed by atoms with E-state index in [-0.39, 0.29) is 11.7 Å². The van der Waals surface area contributed by atoms with E-state index < -0.39 is 0 Å². The second kappa shape index (κ2) is 7.78. The van der Waals surface area contributed by atoms with E-state index in [0.29, 0.717) is 23.7 Å². The average molecular weight is 396 g/mol. The number of carbonyl (C=O) groups excluding carboxylic acids is 1. The lowest BCUT2D eigenvalue weighted by Gasteiger charge is -2.02. The Hall–Kier alpha value is -3.25. The molecular weight excluding hydrogens is 378 g/mol. The molecule has 6 nitrogen and oxygen atoms in total. The van der Waals surface area contributed by atoms with Gasteiger partial charge in [0.05, 0.1) is 7.11 Å². The first kappa shape index (κ1) is 18.1. The molecule has 0 radical (unpaired) electrons. The molecule has 0 saturated heterocycles. The molecule has 2 aromatic heterocycles. The minimum Gasteiger partial charge on any atom is -0.497 e. The smallest absolute Gasteiger partial charge is 0.289 e. The highest BCUT2D eigenvalue weighted by atomic mass is 35.5. The predicted molar refractivity (Wildman–Crippen MR) is 108 cm³/mol. The van der Waals surface area contributed by atoms with Gasteiger partial charge in [-0.05, 0) is 54.4 Å². The van der Waals surface area contributed by atoms with Crippen molar-refractivity contribution in [1.82, 2.24) is 15.5 Å². The maximum Gasteiger partial charge on any atom is 0.289 e. The summed E-state index contributed by atoms with van der Waals surface area (Å²) in [6.45, 7) is 0.469. The number of rotatable bonds is 6. The number of aromatic amines is 1. The quantitative estimate of drug-likeness (QED) is 0.505. The number of benzene rings is 2. The van der Waals surface area contributed by atoms with Gasteiger partial charge < -0.3 is 19.6 Å². The molecule has 2 N–H and O–H groups in total. The molecule has 2 heterocycles. The van der Waals surface area contributed by atoms with Crippen molar-refractivity contribution in [3.8, 4) is 17.0 Å². The van der Waals surface area contributed by atoms with Crippen LogP contribution < -0.4 is 10.1 Å². The van der Waals surface area contributed by atoms with Crippen LogP contribution in [0.5, 0.6) is 5.75 Å². The number of hydrogen-bond acceptors (Lipinski definition) is 4. The second-order valence-corrected chi connectivity index (χ2v) is 6.75. The van der Waals surface area contributed by atoms with Gasteiger partial charge in [-0.15, -0.1) is 0 Å². The van der Waals surface area contributed by atoms with Crippen LogP contribution in [0.3, 0.4) is 0 Å². The van der Waals surface area contributed by atoms with Crippen molar-refractivity contribution in [2.45, 2.75) is 6.42 Å². The molecule has 0 aliphatic heterocycles. The van der Waals surface area contributed by atoms with Crippen molar-refractivity contribution in [1.29, 1.82) is 0 Å². The Balaban J connectivity index is 1.38. The number of hydrogen-bond donors (Lipinski definition) is 2. The molecule has 0 saturated carbocycles. The summed E-state index contributed by atoms with van der Waals surface area (Å²) in [7, 11) is 1.61. The predicted octanol–water partition coefficient (Wildman–Crippen LogP) is 4.46. The number of nitrogens with one attached hydrogen (secondary N) is 2. The summed E-state index contributed by atoms with van der Waals surface area (Å²) in [4.78, 5) is 15.5. The summed E-state index contributed by atoms with van der Waals surface area (Å²) in [6, 6.07) is 14.7. The number of nitrogens with zero attached hydrogens (tertiary/aromatic N) is 1. The minimum absolute atomic E-state index is 0.174. The molecule has 7 heteroatoms. The molecule has 4 aromatic rings. The van der Waals surface area contributed by atoms with Crippen molar-refractivity contribution in [3.63, 3.8) is 0 Å². The van der Waals surface area contributed by atoms with Crippen LogP contribution in [-0.2, 0) is 6.42 Å². The monoisotopic (exact) mass is 395 g/mol. The maximum atomic E-state index is 12.3. The highest BCUT2D eigenvalue weighted by molar-refractivity contribution is 6.31. The molecule has 0 unspecified atom stereocenters. The molecule has 0 spiro atoms. The standard InChI is InChI=1S/C21H18ClN3O3/c1-27-16-5-2-13(3-6-16)19-11-20(28-25-19)21(26)23-9-8-14-12-24-18-7-4-15(22)10-17(14)18/h2-7,10-12,24H,8-9H2,1H3,(H,23,26). The number of H-pyrrole nitrogens is 1. The van der Waals surface area contributed by atoms with Gasteiger partial charge in [0, 0.05) is 40.3 Å². The summed E-state index contributed by atoms with van der Waals surface area (Å²) < 4.78 is 10.3. The number of aromatic nitrogens is 2. The van der Waals surface area contributed by atoms with Crippen LogP contribution in [0.15, 0.2) is 59.3 Å². The van der Waals surface area contributed by atoms with Crippen LogP contribution in [0, 0.1) is 0 Å². The summed E-state index contributed by atoms with van der Waals surface area (Å²) in [5.41, 5.74) is 3.55. The average Bonchev–Trinajstić information content (AvgIpc) is 3.36. The number of amides is 1. The third-order valence-corrected chi connectivity index (χ3v) is 4.76. The van der Waals surface area contributed by atoms with Crippen molar-refractivity contribution < 1.29 is 14.1 Å². The fourth-order valence-electron chi connectivity index (χ4n) is 3.04. The molecule has 28 heavy (non-hydrogen) atoms. The largest absolute Gasteiger partial charge is 0.497 e. The Morgan fingerprint density at radius 1 is 1.21 bits per heavy atom. The van der Waals surface area contributed by atoms with Crippen LogP contribution in [0.1, 0.15) is 16.1 Å². The van der Waals surface area contributed by atoms with Gasteiger partial charge in [0.1, 0.15) is 11.4 Å². The third kappa shape index (κ3) is 3.73. The summed E-state index contributed by atoms with van der Waals surface area (Å²) >= 11 is 6.07. The van der Waals surface area contributed by atoms with Crippen LogP contribution in [-0.4, -0.2) is 29.7 Å². The number of ether oxygens (including phenoxy) is 1. The normalized spacial score (nSPS) is 10.9. The molecule has 0 bridgehead atoms. The van der Waals surface area contributed by atoms with Gasteiger partial charge in [0.25, 0.3) is 5.91 Å². The fourth-order valence-corrected chi connectivity index (χ4v) is 3.21. The molecule has 142 valence electrons. The van der Waals surface area contributed by atoms with Crippen molar-refractivity contribution in [2.24, 2.45) is 0 Å². The first-order valence-electron chi connectivity index (χ1n) is 8.79. The van der Waals surface area contributed by atoms with E-state index in [1.807, 2.05) is 48.7 Å². The van der Waals surface area contributed by atoms with E-state index in [4.69, 9.17) is 20.9 Å². The van der Waals surface area contributed by atoms with E-state index >= 15 is 0 Å². The summed E-state index contributed by atoms with van der Waals surface area (Å²) in [5.74, 6) is 0.627.